The van der Waals surface area contributed by atoms with Crippen molar-refractivity contribution in [2.75, 3.05) is 30.4 Å². The first-order valence-corrected chi connectivity index (χ1v) is 17.2. The van der Waals surface area contributed by atoms with E-state index in [0.29, 0.717) is 36.4 Å². The summed E-state index contributed by atoms with van der Waals surface area (Å²) < 4.78 is 189. The first kappa shape index (κ1) is 45.1. The van der Waals surface area contributed by atoms with Gasteiger partial charge in [-0.15, -0.1) is 0 Å². The standard InChI is InChI=1S/C22H21F2N7O2S.2C4F6O2/c23-8-18(31-11-15(9-28-31)19-16-1-4-25-20(16)27-12-26-19)14-2-5-30(10-14)21-17(24)7-13-3-6-34(32,33)22(13)29-21;2*5-3(6,7)1(11)2(12)4(8,9)10/h1,4,7,9,11-12,14,18H,2-3,5-6,8,10H2,(H,25,26,27);;/t14-,18?;;/m0../s1. The third-order valence-corrected chi connectivity index (χ3v) is 9.85. The van der Waals surface area contributed by atoms with E-state index in [9.17, 15) is 89.1 Å². The summed E-state index contributed by atoms with van der Waals surface area (Å²) in [5.41, 5.74) is 2.58. The van der Waals surface area contributed by atoms with E-state index < -0.39 is 76.2 Å². The number of nitrogens with zero attached hydrogens (tertiary/aromatic N) is 6. The van der Waals surface area contributed by atoms with Gasteiger partial charge in [-0.2, -0.15) is 57.8 Å². The zero-order chi connectivity index (χ0) is 43.8. The Morgan fingerprint density at radius 2 is 1.41 bits per heavy atom. The van der Waals surface area contributed by atoms with Crippen LogP contribution in [0.15, 0.2) is 42.1 Å². The maximum Gasteiger partial charge on any atom is 0.458 e. The number of alkyl halides is 13. The molecule has 2 aliphatic heterocycles. The Labute approximate surface area is 313 Å². The van der Waals surface area contributed by atoms with Crippen molar-refractivity contribution >= 4 is 49.8 Å². The lowest BCUT2D eigenvalue weighted by Crippen LogP contribution is -2.39. The van der Waals surface area contributed by atoms with Gasteiger partial charge in [0.15, 0.2) is 26.5 Å². The predicted octanol–water partition coefficient (Wildman–Crippen LogP) is 5.22. The van der Waals surface area contributed by atoms with Crippen molar-refractivity contribution in [3.05, 3.63) is 48.4 Å². The Morgan fingerprint density at radius 1 is 0.862 bits per heavy atom. The Kier molecular flexibility index (Phi) is 12.7. The molecule has 0 amide bonds. The van der Waals surface area contributed by atoms with Gasteiger partial charge in [-0.1, -0.05) is 0 Å². The third kappa shape index (κ3) is 10.1. The van der Waals surface area contributed by atoms with Crippen LogP contribution in [0.2, 0.25) is 0 Å². The lowest BCUT2D eigenvalue weighted by atomic mass is 10.0. The van der Waals surface area contributed by atoms with Crippen molar-refractivity contribution in [3.8, 4) is 11.3 Å². The molecular weight excluding hydrogens is 852 g/mol. The molecule has 4 aromatic rings. The van der Waals surface area contributed by atoms with Gasteiger partial charge in [-0.3, -0.25) is 23.9 Å². The minimum atomic E-state index is -5.77. The molecule has 0 aliphatic carbocycles. The summed E-state index contributed by atoms with van der Waals surface area (Å²) in [6, 6.07) is 2.59. The second-order valence-electron chi connectivity index (χ2n) is 12.0. The number of H-pyrrole nitrogens is 1. The van der Waals surface area contributed by atoms with Crippen molar-refractivity contribution in [1.82, 2.24) is 29.7 Å². The van der Waals surface area contributed by atoms with Crippen LogP contribution in [0.1, 0.15) is 18.0 Å². The van der Waals surface area contributed by atoms with Crippen LogP contribution in [0.3, 0.4) is 0 Å². The first-order valence-electron chi connectivity index (χ1n) is 15.6. The molecular formula is C30H21F14N7O6S. The fraction of sp³-hybridized carbons (Fsp3) is 0.400. The quantitative estimate of drug-likeness (QED) is 0.190. The van der Waals surface area contributed by atoms with E-state index in [2.05, 4.69) is 25.0 Å². The second kappa shape index (κ2) is 16.4. The van der Waals surface area contributed by atoms with Crippen molar-refractivity contribution in [1.29, 1.82) is 0 Å². The minimum Gasteiger partial charge on any atom is -0.354 e. The van der Waals surface area contributed by atoms with Crippen LogP contribution >= 0.6 is 0 Å². The van der Waals surface area contributed by atoms with Crippen LogP contribution in [0.4, 0.5) is 67.3 Å². The highest BCUT2D eigenvalue weighted by molar-refractivity contribution is 7.91. The predicted molar refractivity (Wildman–Crippen MR) is 165 cm³/mol. The molecule has 0 saturated carbocycles. The van der Waals surface area contributed by atoms with Gasteiger partial charge in [0.1, 0.15) is 18.6 Å². The number of aromatic amines is 1. The normalized spacial score (nSPS) is 17.1. The smallest absolute Gasteiger partial charge is 0.354 e. The summed E-state index contributed by atoms with van der Waals surface area (Å²) in [6.45, 7) is 0.160. The number of aromatic nitrogens is 6. The van der Waals surface area contributed by atoms with Crippen LogP contribution in [0, 0.1) is 11.7 Å². The van der Waals surface area contributed by atoms with Gasteiger partial charge in [-0.25, -0.2) is 32.2 Å². The second-order valence-corrected chi connectivity index (χ2v) is 14.0. The maximum atomic E-state index is 14.8. The molecule has 6 heterocycles. The number of aryl methyl sites for hydroxylation is 1. The van der Waals surface area contributed by atoms with E-state index in [1.54, 1.807) is 28.2 Å². The number of fused-ring (bicyclic) bond motifs is 2. The number of halogens is 14. The molecule has 13 nitrogen and oxygen atoms in total. The van der Waals surface area contributed by atoms with E-state index in [1.807, 2.05) is 6.07 Å². The highest BCUT2D eigenvalue weighted by Gasteiger charge is 2.55. The van der Waals surface area contributed by atoms with Crippen LogP contribution in [0.5, 0.6) is 0 Å². The number of anilines is 1. The van der Waals surface area contributed by atoms with Crippen LogP contribution in [-0.4, -0.2) is 111 Å². The van der Waals surface area contributed by atoms with Gasteiger partial charge in [0, 0.05) is 42.4 Å². The van der Waals surface area contributed by atoms with Crippen molar-refractivity contribution in [3.63, 3.8) is 0 Å². The number of ketones is 4. The SMILES string of the molecule is O=C(C(=O)C(F)(F)F)C(F)(F)F.O=C(C(=O)C(F)(F)F)C(F)(F)F.O=S1(=O)CCc2cc(F)c(N3CC[C@H](C(CF)n4cc(-c5ncnc6[nH]ccc56)cn4)C3)nc21. The van der Waals surface area contributed by atoms with Gasteiger partial charge >= 0.3 is 47.8 Å². The minimum absolute atomic E-state index is 0.0151. The van der Waals surface area contributed by atoms with E-state index in [4.69, 9.17) is 0 Å². The number of hydrogen-bond acceptors (Lipinski definition) is 11. The maximum absolute atomic E-state index is 14.8. The van der Waals surface area contributed by atoms with E-state index >= 15 is 0 Å². The van der Waals surface area contributed by atoms with Gasteiger partial charge < -0.3 is 9.88 Å². The number of nitrogens with one attached hydrogen (secondary N) is 1. The summed E-state index contributed by atoms with van der Waals surface area (Å²) in [4.78, 5) is 55.9. The highest BCUT2D eigenvalue weighted by Crippen LogP contribution is 2.36. The molecule has 4 aromatic heterocycles. The lowest BCUT2D eigenvalue weighted by Gasteiger charge is -2.23. The molecule has 0 spiro atoms. The van der Waals surface area contributed by atoms with Gasteiger partial charge in [0.05, 0.1) is 23.7 Å². The van der Waals surface area contributed by atoms with E-state index in [-0.39, 0.29) is 28.9 Å². The fourth-order valence-corrected chi connectivity index (χ4v) is 6.95. The molecule has 1 saturated heterocycles. The zero-order valence-corrected chi connectivity index (χ0v) is 29.0. The monoisotopic (exact) mass is 873 g/mol. The molecule has 1 unspecified atom stereocenters. The molecule has 2 aliphatic rings. The number of sulfone groups is 1. The molecule has 58 heavy (non-hydrogen) atoms. The molecule has 1 N–H and O–H groups in total. The van der Waals surface area contributed by atoms with Crippen molar-refractivity contribution < 1.29 is 89.1 Å². The topological polar surface area (TPSA) is 178 Å². The van der Waals surface area contributed by atoms with Gasteiger partial charge in [-0.05, 0) is 30.5 Å². The Balaban J connectivity index is 0.000000257. The summed E-state index contributed by atoms with van der Waals surface area (Å²) >= 11 is 0. The Hall–Kier alpha value is -5.57. The number of hydrogen-bond donors (Lipinski definition) is 1. The average molecular weight is 874 g/mol. The largest absolute Gasteiger partial charge is 0.458 e. The molecule has 2 atom stereocenters. The lowest BCUT2D eigenvalue weighted by molar-refractivity contribution is -0.193. The van der Waals surface area contributed by atoms with Gasteiger partial charge in [0.25, 0.3) is 0 Å². The summed E-state index contributed by atoms with van der Waals surface area (Å²) in [6.07, 6.45) is -15.5. The summed E-state index contributed by atoms with van der Waals surface area (Å²) in [5.74, 6) is -14.4. The number of Topliss-reactive ketones (excluding diaryl/α,β-unsaturated/α-hetero) is 4. The number of pyridine rings is 1. The Morgan fingerprint density at radius 3 is 1.93 bits per heavy atom. The molecule has 0 aromatic carbocycles. The zero-order valence-electron chi connectivity index (χ0n) is 28.2. The first-order chi connectivity index (χ1) is 26.6. The number of rotatable bonds is 7. The van der Waals surface area contributed by atoms with Crippen molar-refractivity contribution in [2.45, 2.75) is 48.6 Å². The van der Waals surface area contributed by atoms with Crippen LogP contribution in [0.25, 0.3) is 22.3 Å². The molecule has 0 bridgehead atoms. The highest BCUT2D eigenvalue weighted by atomic mass is 32.2. The fourth-order valence-electron chi connectivity index (χ4n) is 5.48. The van der Waals surface area contributed by atoms with Crippen LogP contribution < -0.4 is 4.90 Å². The van der Waals surface area contributed by atoms with Crippen LogP contribution in [-0.2, 0) is 35.4 Å². The van der Waals surface area contributed by atoms with Crippen molar-refractivity contribution in [2.24, 2.45) is 5.92 Å². The summed E-state index contributed by atoms with van der Waals surface area (Å²) in [7, 11) is -3.48. The van der Waals surface area contributed by atoms with Gasteiger partial charge in [0.2, 0.25) is 0 Å². The van der Waals surface area contributed by atoms with E-state index in [0.717, 1.165) is 10.9 Å². The number of carbonyl (C=O) groups excluding carboxylic acids is 4. The Bertz CT molecular complexity index is 2220. The molecule has 1 fully saturated rings. The number of carbonyl (C=O) groups is 4. The summed E-state index contributed by atoms with van der Waals surface area (Å²) in [5, 5.41) is 5.21. The average Bonchev–Trinajstić information content (AvgIpc) is 3.94. The molecule has 0 radical (unpaired) electrons. The molecule has 316 valence electrons. The third-order valence-electron chi connectivity index (χ3n) is 8.17. The molecule has 6 rings (SSSR count). The van der Waals surface area contributed by atoms with E-state index in [1.165, 1.54) is 12.4 Å². The molecule has 28 heteroatoms.